The summed E-state index contributed by atoms with van der Waals surface area (Å²) in [6.07, 6.45) is 59.7. The van der Waals surface area contributed by atoms with Gasteiger partial charge in [-0.05, 0) is 372 Å². The molecule has 6 unspecified atom stereocenters. The van der Waals surface area contributed by atoms with E-state index in [0.717, 1.165) is 102 Å². The molecule has 0 aromatic rings. The highest BCUT2D eigenvalue weighted by atomic mass is 16.6. The third kappa shape index (κ3) is 46.1. The minimum atomic E-state index is -0.648. The van der Waals surface area contributed by atoms with E-state index in [-0.39, 0.29) is 228 Å². The fourth-order valence-electron chi connectivity index (χ4n) is 21.2. The van der Waals surface area contributed by atoms with Crippen molar-refractivity contribution in [3.05, 3.63) is 0 Å². The monoisotopic (exact) mass is 2000 g/mol. The van der Waals surface area contributed by atoms with Crippen LogP contribution in [0.4, 0.5) is 0 Å². The molecule has 10 aliphatic rings. The third-order valence-corrected chi connectivity index (χ3v) is 35.8. The number of carbonyl (C=O) groups is 6. The van der Waals surface area contributed by atoms with Gasteiger partial charge in [-0.1, -0.05) is 322 Å². The van der Waals surface area contributed by atoms with E-state index in [0.29, 0.717) is 29.6 Å². The number of ether oxygens (including phenoxy) is 7. The molecule has 14 nitrogen and oxygen atoms in total. The second-order valence-corrected chi connectivity index (χ2v) is 49.5. The van der Waals surface area contributed by atoms with Crippen LogP contribution in [0.15, 0.2) is 0 Å². The average molecular weight is 2000 g/mol. The first-order valence-electron chi connectivity index (χ1n) is 53.0. The quantitative estimate of drug-likeness (QED) is 0.0393. The number of fused-ring (bicyclic) bond motifs is 4. The van der Waals surface area contributed by atoms with Crippen LogP contribution in [0.5, 0.6) is 0 Å². The Bertz CT molecular complexity index is 3160. The summed E-state index contributed by atoms with van der Waals surface area (Å²) in [5.41, 5.74) is -3.40. The molecule has 140 heavy (non-hydrogen) atoms. The van der Waals surface area contributed by atoms with Crippen LogP contribution in [0.3, 0.4) is 0 Å². The Hall–Kier alpha value is -3.26. The van der Waals surface area contributed by atoms with Gasteiger partial charge in [0.05, 0.1) is 38.1 Å². The number of esters is 6. The van der Waals surface area contributed by atoms with Gasteiger partial charge in [-0.15, -0.1) is 0 Å². The molecule has 0 aromatic carbocycles. The average Bonchev–Trinajstić information content (AvgIpc) is 1.53. The summed E-state index contributed by atoms with van der Waals surface area (Å²) >= 11 is 0. The molecular formula is C126H262O14. The molecule has 4 bridgehead atoms. The SMILES string of the molecule is C.C.C.C.C.C.C.C.C.C.C.C.C.C.CCC(C)(C)C(=O)OC(C)(C)C1CCCCC1.CCC(C)(C)C(=O)OC(C)(C1CCCCC1)C1CCCCC1.CCC(C)(C)C(=O)OC1(C)CC2CCC1(C)C2(C)C.CCC(C)(C)C(=O)OC1(C)CC2CCC1C2.CCC(C)(C)C(=O)OC1(C)CCCCCC1.CCC(C)(C)C(=O)OC1(C)CCCCCCC1.CCC(C)(C)[C@@H](O)OC1(C)CCCCCCCCC1. The first-order chi connectivity index (χ1) is 58.3. The topological polar surface area (TPSA) is 187 Å². The van der Waals surface area contributed by atoms with Gasteiger partial charge in [0.25, 0.3) is 0 Å². The van der Waals surface area contributed by atoms with Gasteiger partial charge in [0.2, 0.25) is 0 Å². The number of hydrogen-bond donors (Lipinski definition) is 1. The normalized spacial score (nSPS) is 23.9. The molecule has 7 atom stereocenters. The van der Waals surface area contributed by atoms with Crippen molar-refractivity contribution in [1.29, 1.82) is 0 Å². The highest BCUT2D eigenvalue weighted by Gasteiger charge is 2.69. The molecule has 0 radical (unpaired) electrons. The lowest BCUT2D eigenvalue weighted by Gasteiger charge is -2.47. The van der Waals surface area contributed by atoms with E-state index in [9.17, 15) is 33.9 Å². The fraction of sp³-hybridized carbons (Fsp3) is 0.952. The molecule has 14 heteroatoms. The lowest BCUT2D eigenvalue weighted by molar-refractivity contribution is -0.231. The molecular weight excluding hydrogens is 1740 g/mol. The summed E-state index contributed by atoms with van der Waals surface area (Å²) in [5, 5.41) is 10.4. The second kappa shape index (κ2) is 68.5. The van der Waals surface area contributed by atoms with Gasteiger partial charge >= 0.3 is 35.8 Å². The van der Waals surface area contributed by atoms with Crippen molar-refractivity contribution in [2.24, 2.45) is 84.2 Å². The summed E-state index contributed by atoms with van der Waals surface area (Å²) in [5.74, 6) is 3.69. The van der Waals surface area contributed by atoms with Gasteiger partial charge in [-0.25, -0.2) is 0 Å². The van der Waals surface area contributed by atoms with Gasteiger partial charge in [0, 0.05) is 10.8 Å². The maximum absolute atomic E-state index is 12.8. The van der Waals surface area contributed by atoms with E-state index < -0.39 is 6.29 Å². The lowest BCUT2D eigenvalue weighted by Crippen LogP contribution is -2.49. The molecule has 10 rings (SSSR count). The van der Waals surface area contributed by atoms with Crippen LogP contribution in [0.1, 0.15) is 653 Å². The lowest BCUT2D eigenvalue weighted by atomic mass is 9.65. The van der Waals surface area contributed by atoms with Crippen molar-refractivity contribution in [2.75, 3.05) is 0 Å². The smallest absolute Gasteiger partial charge is 0.312 e. The highest BCUT2D eigenvalue weighted by Crippen LogP contribution is 2.71. The van der Waals surface area contributed by atoms with Crippen molar-refractivity contribution < 1.29 is 67.0 Å². The maximum atomic E-state index is 12.8. The number of hydrogen-bond acceptors (Lipinski definition) is 14. The molecule has 10 saturated carbocycles. The standard InChI is InChI=1S/C20H36O2.C17H30O2.C17H34O2.2C15H28O2.C14H24O2.C14H26O2.14CH4/c1-5-19(2,3)18(21)22-20(4,16-12-8-6-9-13-16)17-14-10-7-11-15-17;1-8-14(2,3)13(18)19-17(7)11-12-9-10-16(17,6)15(12,4)5;1-5-16(2,3)15(18)19-17(4)13-11-9-7-6-8-10-12-14-17;1-6-14(2,3)13(16)17-15(4,5)12-10-8-7-9-11-12;1-5-14(2,3)13(16)17-15(4)11-9-7-6-8-10-12-15;1-5-13(2,3)12(15)16-14(4)9-10-6-7-11(14)8-10;1-5-13(2,3)12(15)16-14(4)10-8-6-7-9-11-14;;;;;;;;;;;;;;/h16-17H,5-15H2,1-4H3;12H,8-11H2,1-7H3;15,18H,5-14H2,1-4H3;12H,6-11H2,1-5H3;5-12H2,1-4H3;10-11H,5-9H2,1-4H3;5-11H2,1-4H3;14*1H4/t;;15-;;;;;;;;;;;;;;;;;;/m..0................../s1. The molecule has 0 amide bonds. The second-order valence-electron chi connectivity index (χ2n) is 49.5. The van der Waals surface area contributed by atoms with Crippen molar-refractivity contribution >= 4 is 35.8 Å². The van der Waals surface area contributed by atoms with Gasteiger partial charge in [-0.3, -0.25) is 28.8 Å². The Balaban J connectivity index is -0.000000152. The van der Waals surface area contributed by atoms with Crippen LogP contribution in [0, 0.1) is 84.2 Å². The van der Waals surface area contributed by atoms with Crippen LogP contribution in [-0.4, -0.2) is 86.4 Å². The summed E-state index contributed by atoms with van der Waals surface area (Å²) in [6.45, 7) is 66.5. The first kappa shape index (κ1) is 159. The van der Waals surface area contributed by atoms with E-state index >= 15 is 0 Å². The van der Waals surface area contributed by atoms with Gasteiger partial charge in [0.15, 0.2) is 6.29 Å². The summed E-state index contributed by atoms with van der Waals surface area (Å²) in [7, 11) is 0. The zero-order valence-electron chi connectivity index (χ0n) is 88.9. The van der Waals surface area contributed by atoms with Crippen molar-refractivity contribution in [1.82, 2.24) is 0 Å². The first-order valence-corrected chi connectivity index (χ1v) is 53.0. The van der Waals surface area contributed by atoms with Crippen LogP contribution in [0.25, 0.3) is 0 Å². The Morgan fingerprint density at radius 2 is 0.557 bits per heavy atom. The summed E-state index contributed by atoms with van der Waals surface area (Å²) in [6, 6.07) is 0. The molecule has 0 spiro atoms. The maximum Gasteiger partial charge on any atom is 0.312 e. The Morgan fingerprint density at radius 1 is 0.286 bits per heavy atom. The molecule has 1 N–H and O–H groups in total. The molecule has 850 valence electrons. The van der Waals surface area contributed by atoms with E-state index in [1.807, 2.05) is 111 Å². The minimum Gasteiger partial charge on any atom is -0.459 e. The molecule has 0 heterocycles. The van der Waals surface area contributed by atoms with Gasteiger partial charge in [-0.2, -0.15) is 0 Å². The van der Waals surface area contributed by atoms with E-state index in [1.54, 1.807) is 0 Å². The molecule has 0 saturated heterocycles. The largest absolute Gasteiger partial charge is 0.459 e. The van der Waals surface area contributed by atoms with E-state index in [1.165, 1.54) is 231 Å². The molecule has 0 aliphatic heterocycles. The Kier molecular flexibility index (Phi) is 77.9. The molecule has 10 fully saturated rings. The zero-order chi connectivity index (χ0) is 95.5. The molecule has 10 aliphatic carbocycles. The minimum absolute atomic E-state index is 0. The molecule has 0 aromatic heterocycles. The van der Waals surface area contributed by atoms with Gasteiger partial charge in [0.1, 0.15) is 33.6 Å². The van der Waals surface area contributed by atoms with E-state index in [4.69, 9.17) is 33.2 Å². The Labute approximate surface area is 880 Å². The van der Waals surface area contributed by atoms with Crippen molar-refractivity contribution in [2.45, 2.75) is 698 Å². The van der Waals surface area contributed by atoms with Crippen LogP contribution >= 0.6 is 0 Å². The third-order valence-electron chi connectivity index (χ3n) is 35.8. The number of aliphatic hydroxyl groups excluding tert-OH is 1. The van der Waals surface area contributed by atoms with Crippen LogP contribution < -0.4 is 0 Å². The van der Waals surface area contributed by atoms with Crippen LogP contribution in [-0.2, 0) is 61.9 Å². The number of rotatable bonds is 25. The van der Waals surface area contributed by atoms with Crippen molar-refractivity contribution in [3.8, 4) is 0 Å². The van der Waals surface area contributed by atoms with Crippen LogP contribution in [0.2, 0.25) is 0 Å². The number of aliphatic hydroxyl groups is 1. The highest BCUT2D eigenvalue weighted by molar-refractivity contribution is 5.79. The Morgan fingerprint density at radius 3 is 0.829 bits per heavy atom. The number of carbonyl (C=O) groups excluding carboxylic acids is 6. The summed E-state index contributed by atoms with van der Waals surface area (Å²) < 4.78 is 41.8. The van der Waals surface area contributed by atoms with Crippen molar-refractivity contribution in [3.63, 3.8) is 0 Å². The van der Waals surface area contributed by atoms with E-state index in [2.05, 4.69) is 111 Å². The predicted molar refractivity (Wildman–Crippen MR) is 617 cm³/mol. The summed E-state index contributed by atoms with van der Waals surface area (Å²) in [4.78, 5) is 73.7. The predicted octanol–water partition coefficient (Wildman–Crippen LogP) is 40.8. The zero-order valence-corrected chi connectivity index (χ0v) is 88.9. The van der Waals surface area contributed by atoms with Gasteiger partial charge < -0.3 is 38.3 Å². The fourth-order valence-corrected chi connectivity index (χ4v) is 21.2.